The predicted octanol–water partition coefficient (Wildman–Crippen LogP) is 2.50. The molecule has 1 fully saturated rings. The average molecular weight is 288 g/mol. The van der Waals surface area contributed by atoms with Crippen LogP contribution < -0.4 is 5.59 Å². The lowest BCUT2D eigenvalue weighted by Crippen LogP contribution is -2.41. The van der Waals surface area contributed by atoms with Gasteiger partial charge in [-0.3, -0.25) is 0 Å². The summed E-state index contributed by atoms with van der Waals surface area (Å²) in [5.41, 5.74) is 1.95. The Morgan fingerprint density at radius 1 is 1.00 bits per heavy atom. The molecule has 0 amide bonds. The molecule has 0 unspecified atom stereocenters. The molecule has 1 saturated heterocycles. The van der Waals surface area contributed by atoms with Crippen LogP contribution in [0.3, 0.4) is 0 Å². The standard InChI is InChI=1S/C14H17BN2O2S/c1-13(2)14(3,4)19-15(18-13)12-6-5-11(16-17-12)10-7-8-20-9-10/h5-9H,1-4H3. The van der Waals surface area contributed by atoms with Crippen molar-refractivity contribution in [3.8, 4) is 11.3 Å². The predicted molar refractivity (Wildman–Crippen MR) is 81.1 cm³/mol. The zero-order chi connectivity index (χ0) is 14.4. The third-order valence-electron chi connectivity index (χ3n) is 4.00. The summed E-state index contributed by atoms with van der Waals surface area (Å²) in [7, 11) is -0.455. The zero-order valence-electron chi connectivity index (χ0n) is 12.1. The highest BCUT2D eigenvalue weighted by molar-refractivity contribution is 7.08. The first kappa shape index (κ1) is 13.7. The summed E-state index contributed by atoms with van der Waals surface area (Å²) < 4.78 is 11.9. The number of aromatic nitrogens is 2. The van der Waals surface area contributed by atoms with E-state index < -0.39 is 7.12 Å². The summed E-state index contributed by atoms with van der Waals surface area (Å²) in [4.78, 5) is 0. The van der Waals surface area contributed by atoms with Crippen molar-refractivity contribution in [2.75, 3.05) is 0 Å². The molecule has 0 atom stereocenters. The molecule has 3 heterocycles. The average Bonchev–Trinajstić information content (AvgIpc) is 2.97. The quantitative estimate of drug-likeness (QED) is 0.796. The van der Waals surface area contributed by atoms with E-state index in [2.05, 4.69) is 15.6 Å². The summed E-state index contributed by atoms with van der Waals surface area (Å²) in [6.07, 6.45) is 0. The van der Waals surface area contributed by atoms with Gasteiger partial charge < -0.3 is 9.31 Å². The fourth-order valence-corrected chi connectivity index (χ4v) is 2.65. The van der Waals surface area contributed by atoms with Gasteiger partial charge in [0.1, 0.15) is 0 Å². The largest absolute Gasteiger partial charge is 0.516 e. The van der Waals surface area contributed by atoms with E-state index >= 15 is 0 Å². The summed E-state index contributed by atoms with van der Waals surface area (Å²) in [6.45, 7) is 8.11. The van der Waals surface area contributed by atoms with E-state index in [4.69, 9.17) is 9.31 Å². The zero-order valence-corrected chi connectivity index (χ0v) is 12.9. The fraction of sp³-hybridized carbons (Fsp3) is 0.429. The Hall–Kier alpha value is -1.24. The molecule has 2 aromatic heterocycles. The number of hydrogen-bond acceptors (Lipinski definition) is 5. The van der Waals surface area contributed by atoms with Crippen LogP contribution >= 0.6 is 11.3 Å². The maximum absolute atomic E-state index is 5.96. The van der Waals surface area contributed by atoms with E-state index in [1.807, 2.05) is 51.3 Å². The lowest BCUT2D eigenvalue weighted by atomic mass is 9.84. The van der Waals surface area contributed by atoms with Gasteiger partial charge >= 0.3 is 7.12 Å². The van der Waals surface area contributed by atoms with Crippen molar-refractivity contribution in [3.63, 3.8) is 0 Å². The number of thiophene rings is 1. The van der Waals surface area contributed by atoms with Gasteiger partial charge in [0.15, 0.2) is 0 Å². The first-order valence-corrected chi connectivity index (χ1v) is 7.55. The molecule has 20 heavy (non-hydrogen) atoms. The maximum Gasteiger partial charge on any atom is 0.516 e. The normalized spacial score (nSPS) is 20.3. The highest BCUT2D eigenvalue weighted by Crippen LogP contribution is 2.36. The van der Waals surface area contributed by atoms with Crippen LogP contribution in [0.1, 0.15) is 27.7 Å². The molecular weight excluding hydrogens is 271 g/mol. The summed E-state index contributed by atoms with van der Waals surface area (Å²) in [5, 5.41) is 12.6. The van der Waals surface area contributed by atoms with Crippen molar-refractivity contribution >= 4 is 24.0 Å². The van der Waals surface area contributed by atoms with Gasteiger partial charge in [0.25, 0.3) is 0 Å². The van der Waals surface area contributed by atoms with Gasteiger partial charge in [0.05, 0.1) is 22.5 Å². The molecule has 0 spiro atoms. The molecule has 1 aliphatic rings. The molecule has 104 valence electrons. The van der Waals surface area contributed by atoms with Gasteiger partial charge in [-0.25, -0.2) is 0 Å². The Balaban J connectivity index is 1.83. The molecule has 0 bridgehead atoms. The summed E-state index contributed by atoms with van der Waals surface area (Å²) >= 11 is 1.65. The van der Waals surface area contributed by atoms with Crippen molar-refractivity contribution in [1.82, 2.24) is 10.2 Å². The lowest BCUT2D eigenvalue weighted by Gasteiger charge is -2.32. The third kappa shape index (κ3) is 2.28. The Bertz CT molecular complexity index is 580. The van der Waals surface area contributed by atoms with Crippen molar-refractivity contribution in [2.45, 2.75) is 38.9 Å². The number of rotatable bonds is 2. The molecular formula is C14H17BN2O2S. The highest BCUT2D eigenvalue weighted by Gasteiger charge is 2.52. The molecule has 4 nitrogen and oxygen atoms in total. The van der Waals surface area contributed by atoms with Gasteiger partial charge in [-0.1, -0.05) is 0 Å². The molecule has 6 heteroatoms. The van der Waals surface area contributed by atoms with Crippen molar-refractivity contribution in [2.24, 2.45) is 0 Å². The molecule has 2 aromatic rings. The maximum atomic E-state index is 5.96. The summed E-state index contributed by atoms with van der Waals surface area (Å²) in [6, 6.07) is 5.90. The van der Waals surface area contributed by atoms with Gasteiger partial charge in [-0.2, -0.15) is 21.5 Å². The smallest absolute Gasteiger partial charge is 0.398 e. The second kappa shape index (κ2) is 4.65. The van der Waals surface area contributed by atoms with Gasteiger partial charge in [-0.05, 0) is 51.3 Å². The fourth-order valence-electron chi connectivity index (χ4n) is 2.00. The Kier molecular flexibility index (Phi) is 3.19. The number of nitrogens with zero attached hydrogens (tertiary/aromatic N) is 2. The van der Waals surface area contributed by atoms with Crippen LogP contribution in [0.25, 0.3) is 11.3 Å². The first-order valence-electron chi connectivity index (χ1n) is 6.61. The third-order valence-corrected chi connectivity index (χ3v) is 4.68. The van der Waals surface area contributed by atoms with Crippen LogP contribution in [-0.2, 0) is 9.31 Å². The van der Waals surface area contributed by atoms with Crippen LogP contribution in [0.5, 0.6) is 0 Å². The monoisotopic (exact) mass is 288 g/mol. The minimum absolute atomic E-state index is 0.356. The van der Waals surface area contributed by atoms with Crippen molar-refractivity contribution in [3.05, 3.63) is 29.0 Å². The molecule has 0 saturated carbocycles. The van der Waals surface area contributed by atoms with Crippen molar-refractivity contribution < 1.29 is 9.31 Å². The Morgan fingerprint density at radius 3 is 2.20 bits per heavy atom. The van der Waals surface area contributed by atoms with Crippen LogP contribution in [0.4, 0.5) is 0 Å². The van der Waals surface area contributed by atoms with E-state index in [-0.39, 0.29) is 11.2 Å². The van der Waals surface area contributed by atoms with E-state index in [0.29, 0.717) is 5.59 Å². The summed E-state index contributed by atoms with van der Waals surface area (Å²) in [5.74, 6) is 0. The minimum Gasteiger partial charge on any atom is -0.398 e. The molecule has 1 aliphatic heterocycles. The number of hydrogen-bond donors (Lipinski definition) is 0. The van der Waals surface area contributed by atoms with Crippen LogP contribution in [0, 0.1) is 0 Å². The van der Waals surface area contributed by atoms with Gasteiger partial charge in [-0.15, -0.1) is 0 Å². The SMILES string of the molecule is CC1(C)OB(c2ccc(-c3ccsc3)nn2)OC1(C)C. The molecule has 3 rings (SSSR count). The molecule has 0 aromatic carbocycles. The highest BCUT2D eigenvalue weighted by atomic mass is 32.1. The molecule has 0 radical (unpaired) electrons. The van der Waals surface area contributed by atoms with E-state index in [1.54, 1.807) is 11.3 Å². The van der Waals surface area contributed by atoms with E-state index in [1.165, 1.54) is 0 Å². The first-order chi connectivity index (χ1) is 9.39. The lowest BCUT2D eigenvalue weighted by molar-refractivity contribution is 0.00578. The van der Waals surface area contributed by atoms with Crippen LogP contribution in [-0.4, -0.2) is 28.5 Å². The second-order valence-electron chi connectivity index (χ2n) is 5.94. The van der Waals surface area contributed by atoms with Crippen LogP contribution in [0.15, 0.2) is 29.0 Å². The van der Waals surface area contributed by atoms with Gasteiger partial charge in [0.2, 0.25) is 0 Å². The minimum atomic E-state index is -0.455. The van der Waals surface area contributed by atoms with Gasteiger partial charge in [0, 0.05) is 10.9 Å². The Labute approximate surface area is 123 Å². The molecule has 0 N–H and O–H groups in total. The van der Waals surface area contributed by atoms with E-state index in [9.17, 15) is 0 Å². The second-order valence-corrected chi connectivity index (χ2v) is 6.72. The topological polar surface area (TPSA) is 44.2 Å². The van der Waals surface area contributed by atoms with E-state index in [0.717, 1.165) is 11.3 Å². The van der Waals surface area contributed by atoms with Crippen LogP contribution in [0.2, 0.25) is 0 Å². The molecule has 0 aliphatic carbocycles. The Morgan fingerprint density at radius 2 is 1.70 bits per heavy atom. The van der Waals surface area contributed by atoms with Crippen molar-refractivity contribution in [1.29, 1.82) is 0 Å².